The molecule has 8 nitrogen and oxygen atoms in total. The number of nitrogens with zero attached hydrogens (tertiary/aromatic N) is 5. The quantitative estimate of drug-likeness (QED) is 0.501. The van der Waals surface area contributed by atoms with E-state index in [1.54, 1.807) is 6.33 Å². The molecular weight excluding hydrogens is 392 g/mol. The molecule has 158 valence electrons. The largest absolute Gasteiger partial charge is 0.390 e. The van der Waals surface area contributed by atoms with Crippen molar-refractivity contribution in [2.75, 3.05) is 13.2 Å². The number of aromatic nitrogens is 6. The maximum Gasteiger partial charge on any atom is 0.133 e. The van der Waals surface area contributed by atoms with Crippen molar-refractivity contribution in [2.24, 2.45) is 7.05 Å². The third-order valence-electron chi connectivity index (χ3n) is 6.60. The number of aliphatic hydroxyl groups excluding tert-OH is 1. The van der Waals surface area contributed by atoms with Gasteiger partial charge in [0.15, 0.2) is 0 Å². The molecule has 1 saturated carbocycles. The fourth-order valence-corrected chi connectivity index (χ4v) is 4.51. The van der Waals surface area contributed by atoms with Gasteiger partial charge in [-0.05, 0) is 30.5 Å². The third-order valence-corrected chi connectivity index (χ3v) is 6.60. The van der Waals surface area contributed by atoms with E-state index >= 15 is 0 Å². The molecule has 3 aromatic heterocycles. The summed E-state index contributed by atoms with van der Waals surface area (Å²) in [5.41, 5.74) is 5.58. The molecule has 1 aromatic carbocycles. The van der Waals surface area contributed by atoms with E-state index in [0.717, 1.165) is 52.9 Å². The molecule has 1 saturated heterocycles. The molecule has 6 rings (SSSR count). The van der Waals surface area contributed by atoms with Crippen LogP contribution in [0.4, 0.5) is 0 Å². The Morgan fingerprint density at radius 2 is 2.13 bits per heavy atom. The molecule has 4 aromatic rings. The van der Waals surface area contributed by atoms with E-state index in [1.807, 2.05) is 11.6 Å². The molecule has 1 aliphatic heterocycles. The summed E-state index contributed by atoms with van der Waals surface area (Å²) in [6.07, 6.45) is 4.84. The van der Waals surface area contributed by atoms with E-state index in [0.29, 0.717) is 24.8 Å². The van der Waals surface area contributed by atoms with Crippen LogP contribution in [0.5, 0.6) is 0 Å². The number of hydrogen-bond donors (Lipinski definition) is 2. The Morgan fingerprint density at radius 3 is 2.81 bits per heavy atom. The molecule has 0 bridgehead atoms. The van der Waals surface area contributed by atoms with E-state index in [9.17, 15) is 5.11 Å². The molecule has 8 heteroatoms. The van der Waals surface area contributed by atoms with Crippen LogP contribution in [0.15, 0.2) is 36.7 Å². The molecule has 4 heterocycles. The van der Waals surface area contributed by atoms with Gasteiger partial charge in [0.25, 0.3) is 0 Å². The van der Waals surface area contributed by atoms with Crippen LogP contribution >= 0.6 is 0 Å². The number of benzene rings is 1. The van der Waals surface area contributed by atoms with Gasteiger partial charge in [0.2, 0.25) is 0 Å². The number of rotatable bonds is 6. The first-order valence-electron chi connectivity index (χ1n) is 10.7. The Labute approximate surface area is 179 Å². The van der Waals surface area contributed by atoms with Gasteiger partial charge < -0.3 is 14.4 Å². The first-order chi connectivity index (χ1) is 15.2. The number of hydrogen-bond acceptors (Lipinski definition) is 6. The number of aliphatic hydroxyl groups is 1. The Morgan fingerprint density at radius 1 is 1.26 bits per heavy atom. The smallest absolute Gasteiger partial charge is 0.133 e. The topological polar surface area (TPSA) is 102 Å². The first-order valence-corrected chi connectivity index (χ1v) is 10.7. The molecule has 0 unspecified atom stereocenters. The fraction of sp³-hybridized carbons (Fsp3) is 0.391. The Bertz CT molecular complexity index is 1270. The molecule has 2 fully saturated rings. The van der Waals surface area contributed by atoms with Gasteiger partial charge in [-0.1, -0.05) is 18.2 Å². The minimum atomic E-state index is -0.111. The number of aromatic amines is 1. The maximum atomic E-state index is 9.84. The summed E-state index contributed by atoms with van der Waals surface area (Å²) in [6, 6.07) is 10.7. The lowest BCUT2D eigenvalue weighted by Gasteiger charge is -2.41. The summed E-state index contributed by atoms with van der Waals surface area (Å²) < 4.78 is 7.61. The first kappa shape index (κ1) is 18.7. The molecule has 2 aliphatic rings. The zero-order valence-electron chi connectivity index (χ0n) is 17.4. The van der Waals surface area contributed by atoms with Gasteiger partial charge in [0.1, 0.15) is 17.8 Å². The fourth-order valence-electron chi connectivity index (χ4n) is 4.51. The summed E-state index contributed by atoms with van der Waals surface area (Å²) in [6.45, 7) is 1.22. The number of pyridine rings is 1. The van der Waals surface area contributed by atoms with E-state index in [4.69, 9.17) is 4.74 Å². The lowest BCUT2D eigenvalue weighted by molar-refractivity contribution is -0.0611. The van der Waals surface area contributed by atoms with Gasteiger partial charge in [-0.3, -0.25) is 10.1 Å². The van der Waals surface area contributed by atoms with Crippen LogP contribution in [-0.4, -0.2) is 48.3 Å². The van der Waals surface area contributed by atoms with Crippen LogP contribution in [0.25, 0.3) is 22.2 Å². The standard InChI is InChI=1S/C23H24N6O2/c1-29-13-24-26-20(29)9-23(11-31-12-23)16-4-2-3-15(7-16)21-17-8-18(14-5-6-14)25-19(10-30)22(17)28-27-21/h2-4,7-8,13-14,30H,5-6,9-12H2,1H3,(H,27,28). The van der Waals surface area contributed by atoms with Gasteiger partial charge in [0.05, 0.1) is 31.0 Å². The van der Waals surface area contributed by atoms with Crippen LogP contribution in [-0.2, 0) is 30.2 Å². The summed E-state index contributed by atoms with van der Waals surface area (Å²) in [5.74, 6) is 1.46. The number of aryl methyl sites for hydroxylation is 1. The summed E-state index contributed by atoms with van der Waals surface area (Å²) >= 11 is 0. The van der Waals surface area contributed by atoms with Gasteiger partial charge >= 0.3 is 0 Å². The van der Waals surface area contributed by atoms with Crippen molar-refractivity contribution in [1.82, 2.24) is 29.9 Å². The number of ether oxygens (including phenoxy) is 1. The second-order valence-corrected chi connectivity index (χ2v) is 8.81. The predicted molar refractivity (Wildman–Crippen MR) is 114 cm³/mol. The van der Waals surface area contributed by atoms with Crippen LogP contribution in [0.2, 0.25) is 0 Å². The third kappa shape index (κ3) is 3.05. The normalized spacial score (nSPS) is 17.7. The van der Waals surface area contributed by atoms with Gasteiger partial charge in [-0.2, -0.15) is 5.10 Å². The Balaban J connectivity index is 1.42. The molecule has 31 heavy (non-hydrogen) atoms. The Hall–Kier alpha value is -3.10. The molecule has 2 N–H and O–H groups in total. The van der Waals surface area contributed by atoms with Crippen molar-refractivity contribution in [3.05, 3.63) is 59.4 Å². The molecule has 0 radical (unpaired) electrons. The highest BCUT2D eigenvalue weighted by atomic mass is 16.5. The van der Waals surface area contributed by atoms with Gasteiger partial charge in [-0.25, -0.2) is 0 Å². The molecule has 1 aliphatic carbocycles. The summed E-state index contributed by atoms with van der Waals surface area (Å²) in [7, 11) is 1.97. The molecule has 0 atom stereocenters. The van der Waals surface area contributed by atoms with Crippen LogP contribution < -0.4 is 0 Å². The van der Waals surface area contributed by atoms with Crippen molar-refractivity contribution in [3.63, 3.8) is 0 Å². The van der Waals surface area contributed by atoms with Gasteiger partial charge in [-0.15, -0.1) is 10.2 Å². The minimum Gasteiger partial charge on any atom is -0.390 e. The van der Waals surface area contributed by atoms with Crippen molar-refractivity contribution in [2.45, 2.75) is 37.2 Å². The SMILES string of the molecule is Cn1cnnc1CC1(c2cccc(-c3n[nH]c4c(CO)nc(C5CC5)cc34)c2)COC1. The highest BCUT2D eigenvalue weighted by molar-refractivity contribution is 5.94. The van der Waals surface area contributed by atoms with Gasteiger partial charge in [0, 0.05) is 41.4 Å². The van der Waals surface area contributed by atoms with Crippen molar-refractivity contribution in [3.8, 4) is 11.3 Å². The monoisotopic (exact) mass is 416 g/mol. The number of nitrogens with one attached hydrogen (secondary N) is 1. The number of H-pyrrole nitrogens is 1. The lowest BCUT2D eigenvalue weighted by atomic mass is 9.75. The summed E-state index contributed by atoms with van der Waals surface area (Å²) in [5, 5.41) is 26.9. The van der Waals surface area contributed by atoms with Crippen LogP contribution in [0.1, 0.15) is 41.5 Å². The van der Waals surface area contributed by atoms with E-state index in [2.05, 4.69) is 55.7 Å². The van der Waals surface area contributed by atoms with Crippen LogP contribution in [0, 0.1) is 0 Å². The molecule has 0 amide bonds. The van der Waals surface area contributed by atoms with Crippen LogP contribution in [0.3, 0.4) is 0 Å². The predicted octanol–water partition coefficient (Wildman–Crippen LogP) is 2.63. The average molecular weight is 416 g/mol. The second kappa shape index (κ2) is 6.96. The molecule has 0 spiro atoms. The van der Waals surface area contributed by atoms with E-state index in [-0.39, 0.29) is 12.0 Å². The summed E-state index contributed by atoms with van der Waals surface area (Å²) in [4.78, 5) is 4.66. The van der Waals surface area contributed by atoms with Crippen molar-refractivity contribution in [1.29, 1.82) is 0 Å². The highest BCUT2D eigenvalue weighted by Crippen LogP contribution is 2.42. The Kier molecular flexibility index (Phi) is 4.19. The van der Waals surface area contributed by atoms with E-state index < -0.39 is 0 Å². The molecular formula is C23H24N6O2. The van der Waals surface area contributed by atoms with Crippen molar-refractivity contribution >= 4 is 10.9 Å². The maximum absolute atomic E-state index is 9.84. The minimum absolute atomic E-state index is 0.100. The second-order valence-electron chi connectivity index (χ2n) is 8.81. The zero-order chi connectivity index (χ0) is 21.0. The van der Waals surface area contributed by atoms with Crippen molar-refractivity contribution < 1.29 is 9.84 Å². The highest BCUT2D eigenvalue weighted by Gasteiger charge is 2.42. The number of fused-ring (bicyclic) bond motifs is 1. The zero-order valence-corrected chi connectivity index (χ0v) is 17.4. The lowest BCUT2D eigenvalue weighted by Crippen LogP contribution is -2.49. The van der Waals surface area contributed by atoms with E-state index in [1.165, 1.54) is 5.56 Å². The average Bonchev–Trinajstić information content (AvgIpc) is 3.41.